The fourth-order valence-corrected chi connectivity index (χ4v) is 4.81. The molecular formula is C30H42N4O2. The number of carbonyl (C=O) groups is 1. The number of amides is 1. The summed E-state index contributed by atoms with van der Waals surface area (Å²) in [5.41, 5.74) is 3.44. The smallest absolute Gasteiger partial charge is 0.259 e. The van der Waals surface area contributed by atoms with Gasteiger partial charge in [-0.1, -0.05) is 80.1 Å². The summed E-state index contributed by atoms with van der Waals surface area (Å²) in [6.45, 7) is 12.7. The molecule has 5 rings (SSSR count). The van der Waals surface area contributed by atoms with Crippen LogP contribution in [-0.4, -0.2) is 45.9 Å². The van der Waals surface area contributed by atoms with Gasteiger partial charge in [0, 0.05) is 20.2 Å². The largest absolute Gasteiger partial charge is 0.400 e. The van der Waals surface area contributed by atoms with Gasteiger partial charge in [0.1, 0.15) is 11.4 Å². The molecule has 1 amide bonds. The van der Waals surface area contributed by atoms with E-state index in [9.17, 15) is 4.79 Å². The number of nitrogens with zero attached hydrogens (tertiary/aromatic N) is 3. The molecule has 0 bridgehead atoms. The normalized spacial score (nSPS) is 19.4. The average Bonchev–Trinajstić information content (AvgIpc) is 3.31. The zero-order chi connectivity index (χ0) is 26.3. The molecule has 1 unspecified atom stereocenters. The van der Waals surface area contributed by atoms with E-state index in [4.69, 9.17) is 5.11 Å². The summed E-state index contributed by atoms with van der Waals surface area (Å²) in [4.78, 5) is 15.2. The topological polar surface area (TPSA) is 70.4 Å². The van der Waals surface area contributed by atoms with Crippen LogP contribution in [-0.2, 0) is 5.54 Å². The monoisotopic (exact) mass is 490 g/mol. The Hall–Kier alpha value is -3.12. The molecule has 2 N–H and O–H groups in total. The quantitative estimate of drug-likeness (QED) is 0.459. The Kier molecular flexibility index (Phi) is 8.96. The standard InChI is InChI=1S/C22H30N4O.C7H8.CH4O/c1-21(2)10-12-25(13-11-21)20(27)17-15-23-26-19(17)24-18(14-22(26,3)4)16-8-6-5-7-9-16;1-7-5-3-2-4-6-7;1-2/h5-9,15,18,24H,10-14H2,1-4H3;2-6H,1H3;2H,1H3. The predicted molar refractivity (Wildman–Crippen MR) is 147 cm³/mol. The maximum Gasteiger partial charge on any atom is 0.259 e. The second-order valence-electron chi connectivity index (χ2n) is 11.1. The van der Waals surface area contributed by atoms with Gasteiger partial charge in [-0.05, 0) is 51.0 Å². The van der Waals surface area contributed by atoms with Crippen LogP contribution in [0.4, 0.5) is 5.82 Å². The van der Waals surface area contributed by atoms with E-state index in [-0.39, 0.29) is 17.5 Å². The van der Waals surface area contributed by atoms with Crippen molar-refractivity contribution in [3.63, 3.8) is 0 Å². The lowest BCUT2D eigenvalue weighted by molar-refractivity contribution is 0.0631. The molecule has 2 aromatic carbocycles. The lowest BCUT2D eigenvalue weighted by Gasteiger charge is -2.39. The number of likely N-dealkylation sites (tertiary alicyclic amines) is 1. The lowest BCUT2D eigenvalue weighted by atomic mass is 9.82. The van der Waals surface area contributed by atoms with Gasteiger partial charge in [-0.2, -0.15) is 5.10 Å². The molecule has 0 saturated carbocycles. The number of rotatable bonds is 2. The van der Waals surface area contributed by atoms with E-state index in [0.29, 0.717) is 11.0 Å². The molecule has 194 valence electrons. The van der Waals surface area contributed by atoms with Crippen molar-refractivity contribution in [1.29, 1.82) is 0 Å². The van der Waals surface area contributed by atoms with Gasteiger partial charge in [0.15, 0.2) is 0 Å². The van der Waals surface area contributed by atoms with Gasteiger partial charge in [-0.25, -0.2) is 4.68 Å². The second kappa shape index (κ2) is 11.7. The van der Waals surface area contributed by atoms with E-state index in [1.807, 2.05) is 33.8 Å². The molecule has 0 radical (unpaired) electrons. The highest BCUT2D eigenvalue weighted by molar-refractivity contribution is 5.99. The summed E-state index contributed by atoms with van der Waals surface area (Å²) in [7, 11) is 1.00. The zero-order valence-corrected chi connectivity index (χ0v) is 22.7. The number of hydrogen-bond donors (Lipinski definition) is 2. The van der Waals surface area contributed by atoms with Crippen LogP contribution in [0.3, 0.4) is 0 Å². The van der Waals surface area contributed by atoms with Gasteiger partial charge >= 0.3 is 0 Å². The molecule has 0 spiro atoms. The Morgan fingerprint density at radius 2 is 1.50 bits per heavy atom. The van der Waals surface area contributed by atoms with Gasteiger partial charge in [0.2, 0.25) is 0 Å². The molecule has 1 fully saturated rings. The molecule has 1 aromatic heterocycles. The first-order valence-corrected chi connectivity index (χ1v) is 12.8. The van der Waals surface area contributed by atoms with Crippen LogP contribution >= 0.6 is 0 Å². The predicted octanol–water partition coefficient (Wildman–Crippen LogP) is 6.04. The van der Waals surface area contributed by atoms with Crippen molar-refractivity contribution < 1.29 is 9.90 Å². The highest BCUT2D eigenvalue weighted by Gasteiger charge is 2.38. The van der Waals surface area contributed by atoms with E-state index in [1.165, 1.54) is 11.1 Å². The number of anilines is 1. The van der Waals surface area contributed by atoms with Gasteiger partial charge in [-0.15, -0.1) is 0 Å². The van der Waals surface area contributed by atoms with E-state index in [1.54, 1.807) is 6.20 Å². The van der Waals surface area contributed by atoms with Crippen molar-refractivity contribution in [2.24, 2.45) is 5.41 Å². The number of hydrogen-bond acceptors (Lipinski definition) is 4. The number of aliphatic hydroxyl groups is 1. The van der Waals surface area contributed by atoms with Crippen LogP contribution in [0.15, 0.2) is 66.9 Å². The fraction of sp³-hybridized carbons (Fsp3) is 0.467. The molecule has 2 aliphatic rings. The Morgan fingerprint density at radius 3 is 2.03 bits per heavy atom. The highest BCUT2D eigenvalue weighted by Crippen LogP contribution is 2.40. The summed E-state index contributed by atoms with van der Waals surface area (Å²) in [5.74, 6) is 0.957. The second-order valence-corrected chi connectivity index (χ2v) is 11.1. The van der Waals surface area contributed by atoms with Gasteiger partial charge < -0.3 is 15.3 Å². The maximum absolute atomic E-state index is 13.2. The molecular weight excluding hydrogens is 448 g/mol. The maximum atomic E-state index is 13.2. The van der Waals surface area contributed by atoms with Crippen LogP contribution in [0.2, 0.25) is 0 Å². The fourth-order valence-electron chi connectivity index (χ4n) is 4.81. The Bertz CT molecular complexity index is 1100. The van der Waals surface area contributed by atoms with Crippen LogP contribution in [0.5, 0.6) is 0 Å². The molecule has 2 aliphatic heterocycles. The number of aromatic nitrogens is 2. The minimum Gasteiger partial charge on any atom is -0.400 e. The summed E-state index contributed by atoms with van der Waals surface area (Å²) in [5, 5.41) is 15.2. The molecule has 1 atom stereocenters. The van der Waals surface area contributed by atoms with Crippen LogP contribution in [0.25, 0.3) is 0 Å². The first-order valence-electron chi connectivity index (χ1n) is 12.8. The third-order valence-electron chi connectivity index (χ3n) is 7.13. The molecule has 3 heterocycles. The molecule has 6 nitrogen and oxygen atoms in total. The Balaban J connectivity index is 0.000000342. The first kappa shape index (κ1) is 27.5. The number of nitrogens with one attached hydrogen (secondary N) is 1. The van der Waals surface area contributed by atoms with Crippen LogP contribution in [0.1, 0.15) is 74.5 Å². The Morgan fingerprint density at radius 1 is 0.944 bits per heavy atom. The number of carbonyl (C=O) groups excluding carboxylic acids is 1. The molecule has 36 heavy (non-hydrogen) atoms. The third-order valence-corrected chi connectivity index (χ3v) is 7.13. The van der Waals surface area contributed by atoms with Gasteiger partial charge in [0.05, 0.1) is 17.8 Å². The van der Waals surface area contributed by atoms with Gasteiger partial charge in [0.25, 0.3) is 5.91 Å². The number of aryl methyl sites for hydroxylation is 1. The molecule has 1 saturated heterocycles. The van der Waals surface area contributed by atoms with Crippen molar-refractivity contribution in [2.45, 2.75) is 65.5 Å². The van der Waals surface area contributed by atoms with Crippen molar-refractivity contribution in [3.05, 3.63) is 83.6 Å². The van der Waals surface area contributed by atoms with E-state index in [0.717, 1.165) is 45.3 Å². The molecule has 3 aromatic rings. The summed E-state index contributed by atoms with van der Waals surface area (Å²) < 4.78 is 1.99. The average molecular weight is 491 g/mol. The lowest BCUT2D eigenvalue weighted by Crippen LogP contribution is -2.42. The van der Waals surface area contributed by atoms with Crippen LogP contribution < -0.4 is 5.32 Å². The van der Waals surface area contributed by atoms with Crippen molar-refractivity contribution in [1.82, 2.24) is 14.7 Å². The van der Waals surface area contributed by atoms with Crippen molar-refractivity contribution in [2.75, 3.05) is 25.5 Å². The van der Waals surface area contributed by atoms with Crippen molar-refractivity contribution >= 4 is 11.7 Å². The third kappa shape index (κ3) is 6.55. The van der Waals surface area contributed by atoms with Crippen LogP contribution in [0, 0.1) is 12.3 Å². The minimum absolute atomic E-state index is 0.101. The van der Waals surface area contributed by atoms with Crippen molar-refractivity contribution in [3.8, 4) is 0 Å². The number of piperidine rings is 1. The summed E-state index contributed by atoms with van der Waals surface area (Å²) in [6, 6.07) is 20.9. The minimum atomic E-state index is -0.149. The Labute approximate surface area is 216 Å². The number of fused-ring (bicyclic) bond motifs is 1. The van der Waals surface area contributed by atoms with E-state index < -0.39 is 0 Å². The van der Waals surface area contributed by atoms with Gasteiger partial charge in [-0.3, -0.25) is 4.79 Å². The number of benzene rings is 2. The summed E-state index contributed by atoms with van der Waals surface area (Å²) >= 11 is 0. The summed E-state index contributed by atoms with van der Waals surface area (Å²) in [6.07, 6.45) is 4.78. The molecule has 0 aliphatic carbocycles. The highest BCUT2D eigenvalue weighted by atomic mass is 16.2. The van der Waals surface area contributed by atoms with E-state index in [2.05, 4.69) is 81.4 Å². The first-order chi connectivity index (χ1) is 17.2. The number of aliphatic hydroxyl groups excluding tert-OH is 1. The molecule has 6 heteroatoms. The zero-order valence-electron chi connectivity index (χ0n) is 22.7. The van der Waals surface area contributed by atoms with E-state index >= 15 is 0 Å². The SMILES string of the molecule is CC1(C)CCN(C(=O)c2cnn3c2NC(c2ccccc2)CC3(C)C)CC1.CO.Cc1ccccc1.